The van der Waals surface area contributed by atoms with Crippen LogP contribution < -0.4 is 15.2 Å². The third kappa shape index (κ3) is 2.26. The zero-order valence-corrected chi connectivity index (χ0v) is 10.9. The van der Waals surface area contributed by atoms with Crippen molar-refractivity contribution in [2.24, 2.45) is 0 Å². The summed E-state index contributed by atoms with van der Waals surface area (Å²) >= 11 is 5.63. The molecule has 0 spiro atoms. The molecule has 0 aliphatic rings. The lowest BCUT2D eigenvalue weighted by Crippen LogP contribution is -2.22. The van der Waals surface area contributed by atoms with Crippen molar-refractivity contribution < 1.29 is 9.47 Å². The van der Waals surface area contributed by atoms with E-state index in [9.17, 15) is 4.79 Å². The van der Waals surface area contributed by atoms with Crippen molar-refractivity contribution in [1.29, 1.82) is 0 Å². The van der Waals surface area contributed by atoms with Crippen molar-refractivity contribution in [3.8, 4) is 11.5 Å². The lowest BCUT2D eigenvalue weighted by Gasteiger charge is -2.10. The monoisotopic (exact) mass is 268 g/mol. The maximum Gasteiger partial charge on any atom is 0.348 e. The highest BCUT2D eigenvalue weighted by Crippen LogP contribution is 2.30. The first kappa shape index (κ1) is 12.7. The van der Waals surface area contributed by atoms with Gasteiger partial charge in [0.1, 0.15) is 0 Å². The van der Waals surface area contributed by atoms with Crippen LogP contribution in [0.3, 0.4) is 0 Å². The van der Waals surface area contributed by atoms with Crippen LogP contribution in [0.25, 0.3) is 10.9 Å². The molecule has 5 nitrogen and oxygen atoms in total. The van der Waals surface area contributed by atoms with E-state index in [0.717, 1.165) is 5.39 Å². The van der Waals surface area contributed by atoms with E-state index in [0.29, 0.717) is 29.4 Å². The number of rotatable bonds is 4. The molecular formula is C12H13ClN2O3. The summed E-state index contributed by atoms with van der Waals surface area (Å²) in [4.78, 5) is 15.7. The molecule has 2 rings (SSSR count). The first-order chi connectivity index (χ1) is 8.69. The zero-order chi connectivity index (χ0) is 13.1. The van der Waals surface area contributed by atoms with Crippen LogP contribution >= 0.6 is 11.6 Å². The number of aromatic nitrogens is 2. The predicted octanol–water partition coefficient (Wildman–Crippen LogP) is 1.65. The summed E-state index contributed by atoms with van der Waals surface area (Å²) in [5.41, 5.74) is 0.249. The smallest absolute Gasteiger partial charge is 0.348 e. The van der Waals surface area contributed by atoms with Crippen molar-refractivity contribution in [2.75, 3.05) is 20.1 Å². The molecule has 18 heavy (non-hydrogen) atoms. The predicted molar refractivity (Wildman–Crippen MR) is 69.8 cm³/mol. The normalized spacial score (nSPS) is 10.6. The van der Waals surface area contributed by atoms with Crippen molar-refractivity contribution >= 4 is 22.5 Å². The Kier molecular flexibility index (Phi) is 3.72. The second kappa shape index (κ2) is 5.27. The number of hydrogen-bond donors (Lipinski definition) is 0. The van der Waals surface area contributed by atoms with E-state index in [1.807, 2.05) is 0 Å². The molecular weight excluding hydrogens is 256 g/mol. The van der Waals surface area contributed by atoms with Gasteiger partial charge in [0.15, 0.2) is 11.5 Å². The summed E-state index contributed by atoms with van der Waals surface area (Å²) in [7, 11) is 3.10. The fourth-order valence-corrected chi connectivity index (χ4v) is 1.91. The number of halogens is 1. The Bertz CT molecular complexity index is 624. The van der Waals surface area contributed by atoms with Gasteiger partial charge in [-0.05, 0) is 6.07 Å². The van der Waals surface area contributed by atoms with Crippen LogP contribution in [0.1, 0.15) is 0 Å². The Morgan fingerprint density at radius 3 is 2.56 bits per heavy atom. The average molecular weight is 269 g/mol. The molecule has 0 unspecified atom stereocenters. The van der Waals surface area contributed by atoms with E-state index in [1.54, 1.807) is 32.5 Å². The average Bonchev–Trinajstić information content (AvgIpc) is 2.38. The Balaban J connectivity index is 2.66. The van der Waals surface area contributed by atoms with Gasteiger partial charge < -0.3 is 9.47 Å². The molecule has 1 aromatic carbocycles. The molecule has 2 aromatic rings. The minimum atomic E-state index is -0.324. The van der Waals surface area contributed by atoms with Crippen molar-refractivity contribution in [2.45, 2.75) is 6.54 Å². The third-order valence-corrected chi connectivity index (χ3v) is 2.78. The molecule has 0 atom stereocenters. The van der Waals surface area contributed by atoms with Crippen LogP contribution in [0.2, 0.25) is 0 Å². The molecule has 1 aromatic heterocycles. The standard InChI is InChI=1S/C12H13ClN2O3/c1-17-10-5-8-7-15(4-3-13)12(16)14-9(8)6-11(10)18-2/h5-7H,3-4H2,1-2H3. The van der Waals surface area contributed by atoms with Crippen LogP contribution in [-0.2, 0) is 6.54 Å². The lowest BCUT2D eigenvalue weighted by atomic mass is 10.2. The second-order valence-corrected chi connectivity index (χ2v) is 4.05. The van der Waals surface area contributed by atoms with E-state index in [1.165, 1.54) is 4.57 Å². The number of methoxy groups -OCH3 is 2. The van der Waals surface area contributed by atoms with Crippen LogP contribution in [0.4, 0.5) is 0 Å². The van der Waals surface area contributed by atoms with Crippen LogP contribution in [-0.4, -0.2) is 29.7 Å². The lowest BCUT2D eigenvalue weighted by molar-refractivity contribution is 0.355. The first-order valence-corrected chi connectivity index (χ1v) is 5.92. The number of ether oxygens (including phenoxy) is 2. The van der Waals surface area contributed by atoms with Crippen LogP contribution in [0.15, 0.2) is 23.1 Å². The van der Waals surface area contributed by atoms with Gasteiger partial charge in [0, 0.05) is 30.1 Å². The fraction of sp³-hybridized carbons (Fsp3) is 0.333. The van der Waals surface area contributed by atoms with Crippen molar-refractivity contribution in [3.63, 3.8) is 0 Å². The minimum absolute atomic E-state index is 0.324. The number of nitrogens with zero attached hydrogens (tertiary/aromatic N) is 2. The number of alkyl halides is 1. The highest BCUT2D eigenvalue weighted by molar-refractivity contribution is 6.17. The van der Waals surface area contributed by atoms with Crippen LogP contribution in [0, 0.1) is 0 Å². The fourth-order valence-electron chi connectivity index (χ4n) is 1.73. The van der Waals surface area contributed by atoms with Gasteiger partial charge in [-0.25, -0.2) is 4.79 Å². The Labute approximate surface area is 109 Å². The van der Waals surface area contributed by atoms with E-state index in [-0.39, 0.29) is 5.69 Å². The molecule has 1 heterocycles. The SMILES string of the molecule is COc1cc2cn(CCCl)c(=O)nc2cc1OC. The maximum atomic E-state index is 11.7. The summed E-state index contributed by atoms with van der Waals surface area (Å²) < 4.78 is 11.8. The Morgan fingerprint density at radius 1 is 1.28 bits per heavy atom. The topological polar surface area (TPSA) is 53.4 Å². The molecule has 0 bridgehead atoms. The van der Waals surface area contributed by atoms with Gasteiger partial charge in [0.25, 0.3) is 0 Å². The van der Waals surface area contributed by atoms with Crippen molar-refractivity contribution in [1.82, 2.24) is 9.55 Å². The summed E-state index contributed by atoms with van der Waals surface area (Å²) in [6, 6.07) is 3.46. The molecule has 0 saturated carbocycles. The molecule has 96 valence electrons. The van der Waals surface area contributed by atoms with Gasteiger partial charge in [-0.15, -0.1) is 11.6 Å². The number of fused-ring (bicyclic) bond motifs is 1. The van der Waals surface area contributed by atoms with E-state index >= 15 is 0 Å². The second-order valence-electron chi connectivity index (χ2n) is 3.67. The Hall–Kier alpha value is -1.75. The van der Waals surface area contributed by atoms with Crippen LogP contribution in [0.5, 0.6) is 11.5 Å². The zero-order valence-electron chi connectivity index (χ0n) is 10.1. The molecule has 0 aliphatic heterocycles. The molecule has 0 aliphatic carbocycles. The van der Waals surface area contributed by atoms with Gasteiger partial charge in [-0.2, -0.15) is 4.98 Å². The summed E-state index contributed by atoms with van der Waals surface area (Å²) in [5.74, 6) is 1.51. The maximum absolute atomic E-state index is 11.7. The number of hydrogen-bond acceptors (Lipinski definition) is 4. The Morgan fingerprint density at radius 2 is 1.94 bits per heavy atom. The third-order valence-electron chi connectivity index (χ3n) is 2.61. The molecule has 0 fully saturated rings. The van der Waals surface area contributed by atoms with E-state index in [4.69, 9.17) is 21.1 Å². The minimum Gasteiger partial charge on any atom is -0.493 e. The van der Waals surface area contributed by atoms with Crippen molar-refractivity contribution in [3.05, 3.63) is 28.8 Å². The molecule has 0 amide bonds. The first-order valence-electron chi connectivity index (χ1n) is 5.38. The van der Waals surface area contributed by atoms with Gasteiger partial charge in [0.2, 0.25) is 0 Å². The summed E-state index contributed by atoms with van der Waals surface area (Å²) in [6.45, 7) is 0.428. The quantitative estimate of drug-likeness (QED) is 0.792. The summed E-state index contributed by atoms with van der Waals surface area (Å²) in [5, 5.41) is 0.803. The van der Waals surface area contributed by atoms with E-state index in [2.05, 4.69) is 4.98 Å². The number of aryl methyl sites for hydroxylation is 1. The molecule has 0 N–H and O–H groups in total. The highest BCUT2D eigenvalue weighted by atomic mass is 35.5. The largest absolute Gasteiger partial charge is 0.493 e. The molecule has 0 saturated heterocycles. The number of benzene rings is 1. The van der Waals surface area contributed by atoms with Gasteiger partial charge in [-0.3, -0.25) is 4.57 Å². The molecule has 6 heteroatoms. The molecule has 0 radical (unpaired) electrons. The van der Waals surface area contributed by atoms with Gasteiger partial charge in [-0.1, -0.05) is 0 Å². The van der Waals surface area contributed by atoms with Gasteiger partial charge in [0.05, 0.1) is 19.7 Å². The van der Waals surface area contributed by atoms with E-state index < -0.39 is 0 Å². The van der Waals surface area contributed by atoms with Gasteiger partial charge >= 0.3 is 5.69 Å². The highest BCUT2D eigenvalue weighted by Gasteiger charge is 2.08. The summed E-state index contributed by atoms with van der Waals surface area (Å²) in [6.07, 6.45) is 1.72.